The number of carbonyl (C=O) groups excluding carboxylic acids is 2. The van der Waals surface area contributed by atoms with Crippen LogP contribution in [0.2, 0.25) is 0 Å². The number of hydrogen-bond acceptors (Lipinski definition) is 5. The van der Waals surface area contributed by atoms with Gasteiger partial charge < -0.3 is 9.80 Å². The maximum atomic E-state index is 12.9. The van der Waals surface area contributed by atoms with Crippen molar-refractivity contribution in [1.29, 1.82) is 0 Å². The number of aromatic nitrogens is 2. The Bertz CT molecular complexity index is 987. The number of nitro groups is 1. The van der Waals surface area contributed by atoms with Crippen molar-refractivity contribution in [3.8, 4) is 0 Å². The predicted molar refractivity (Wildman–Crippen MR) is 120 cm³/mol. The second kappa shape index (κ2) is 9.93. The minimum atomic E-state index is -0.408. The fourth-order valence-electron chi connectivity index (χ4n) is 4.34. The van der Waals surface area contributed by atoms with Crippen LogP contribution in [0.4, 0.5) is 5.69 Å². The van der Waals surface area contributed by atoms with Crippen LogP contribution in [-0.4, -0.2) is 62.5 Å². The molecule has 1 fully saturated rings. The molecule has 1 aromatic heterocycles. The monoisotopic (exact) mass is 441 g/mol. The van der Waals surface area contributed by atoms with Crippen LogP contribution in [0.15, 0.2) is 24.3 Å². The van der Waals surface area contributed by atoms with E-state index in [9.17, 15) is 19.7 Å². The number of nitrogens with zero attached hydrogens (tertiary/aromatic N) is 5. The van der Waals surface area contributed by atoms with Crippen LogP contribution in [0.5, 0.6) is 0 Å². The summed E-state index contributed by atoms with van der Waals surface area (Å²) in [4.78, 5) is 39.9. The lowest BCUT2D eigenvalue weighted by Crippen LogP contribution is -2.44. The molecule has 9 heteroatoms. The lowest BCUT2D eigenvalue weighted by atomic mass is 9.94. The molecule has 0 bridgehead atoms. The number of rotatable bonds is 7. The van der Waals surface area contributed by atoms with E-state index in [0.29, 0.717) is 62.5 Å². The number of hydrogen-bond donors (Lipinski definition) is 0. The summed E-state index contributed by atoms with van der Waals surface area (Å²) < 4.78 is 1.61. The lowest BCUT2D eigenvalue weighted by molar-refractivity contribution is -0.386. The van der Waals surface area contributed by atoms with Gasteiger partial charge in [0.2, 0.25) is 5.91 Å². The molecular weight excluding hydrogens is 410 g/mol. The fraction of sp³-hybridized carbons (Fsp3) is 0.522. The van der Waals surface area contributed by atoms with Gasteiger partial charge in [0, 0.05) is 37.7 Å². The van der Waals surface area contributed by atoms with Gasteiger partial charge in [-0.25, -0.2) is 0 Å². The molecule has 2 amide bonds. The Balaban J connectivity index is 1.61. The zero-order chi connectivity index (χ0) is 23.4. The molecule has 1 saturated heterocycles. The number of benzene rings is 1. The highest BCUT2D eigenvalue weighted by Gasteiger charge is 2.29. The van der Waals surface area contributed by atoms with Crippen molar-refractivity contribution in [1.82, 2.24) is 19.6 Å². The summed E-state index contributed by atoms with van der Waals surface area (Å²) in [6.45, 7) is 10.3. The summed E-state index contributed by atoms with van der Waals surface area (Å²) in [6, 6.07) is 7.27. The summed E-state index contributed by atoms with van der Waals surface area (Å²) in [6.07, 6.45) is 1.38. The molecule has 0 saturated carbocycles. The van der Waals surface area contributed by atoms with Crippen LogP contribution >= 0.6 is 0 Å². The minimum absolute atomic E-state index is 0.00819. The van der Waals surface area contributed by atoms with Crippen molar-refractivity contribution >= 4 is 17.5 Å². The van der Waals surface area contributed by atoms with Crippen molar-refractivity contribution in [3.63, 3.8) is 0 Å². The van der Waals surface area contributed by atoms with Gasteiger partial charge in [-0.05, 0) is 58.2 Å². The third kappa shape index (κ3) is 4.81. The van der Waals surface area contributed by atoms with Gasteiger partial charge in [-0.1, -0.05) is 12.1 Å². The van der Waals surface area contributed by atoms with Gasteiger partial charge in [-0.15, -0.1) is 0 Å². The van der Waals surface area contributed by atoms with Crippen LogP contribution in [0.25, 0.3) is 0 Å². The standard InChI is InChI=1S/C23H31N5O4/c1-5-25(6-2)22(29)20-11-13-26(14-12-20)23(30)19-9-7-18(8-10-19)15-27-17(4)21(28(31)32)16(3)24-27/h7-10,20H,5-6,11-15H2,1-4H3. The second-order valence-corrected chi connectivity index (χ2v) is 8.21. The highest BCUT2D eigenvalue weighted by atomic mass is 16.6. The molecule has 1 aliphatic heterocycles. The predicted octanol–water partition coefficient (Wildman–Crippen LogP) is 3.18. The van der Waals surface area contributed by atoms with E-state index in [-0.39, 0.29) is 23.4 Å². The van der Waals surface area contributed by atoms with Gasteiger partial charge in [0.05, 0.1) is 11.5 Å². The molecule has 0 spiro atoms. The first-order valence-corrected chi connectivity index (χ1v) is 11.1. The normalized spacial score (nSPS) is 14.4. The average Bonchev–Trinajstić information content (AvgIpc) is 3.07. The zero-order valence-electron chi connectivity index (χ0n) is 19.2. The van der Waals surface area contributed by atoms with E-state index in [4.69, 9.17) is 0 Å². The van der Waals surface area contributed by atoms with Crippen LogP contribution in [0.1, 0.15) is 54.0 Å². The number of piperidine rings is 1. The largest absolute Gasteiger partial charge is 0.343 e. The van der Waals surface area contributed by atoms with Gasteiger partial charge in [-0.3, -0.25) is 24.4 Å². The average molecular weight is 442 g/mol. The highest BCUT2D eigenvalue weighted by molar-refractivity contribution is 5.94. The van der Waals surface area contributed by atoms with Gasteiger partial charge in [0.25, 0.3) is 5.91 Å². The fourth-order valence-corrected chi connectivity index (χ4v) is 4.34. The van der Waals surface area contributed by atoms with Crippen LogP contribution in [0, 0.1) is 29.9 Å². The Kier molecular flexibility index (Phi) is 7.27. The number of carbonyl (C=O) groups is 2. The molecule has 1 aliphatic rings. The van der Waals surface area contributed by atoms with Crippen molar-refractivity contribution in [2.75, 3.05) is 26.2 Å². The van der Waals surface area contributed by atoms with Gasteiger partial charge in [-0.2, -0.15) is 5.10 Å². The summed E-state index contributed by atoms with van der Waals surface area (Å²) >= 11 is 0. The molecule has 32 heavy (non-hydrogen) atoms. The second-order valence-electron chi connectivity index (χ2n) is 8.21. The zero-order valence-corrected chi connectivity index (χ0v) is 19.2. The van der Waals surface area contributed by atoms with Crippen molar-refractivity contribution in [3.05, 3.63) is 56.9 Å². The summed E-state index contributed by atoms with van der Waals surface area (Å²) in [5.74, 6) is 0.147. The summed E-state index contributed by atoms with van der Waals surface area (Å²) in [5.41, 5.74) is 2.45. The molecule has 0 unspecified atom stereocenters. The molecular formula is C23H31N5O4. The van der Waals surface area contributed by atoms with Crippen molar-refractivity contribution < 1.29 is 14.5 Å². The van der Waals surface area contributed by atoms with E-state index in [2.05, 4.69) is 5.10 Å². The Labute approximate surface area is 188 Å². The van der Waals surface area contributed by atoms with Crippen molar-refractivity contribution in [2.24, 2.45) is 5.92 Å². The van der Waals surface area contributed by atoms with Crippen LogP contribution in [-0.2, 0) is 11.3 Å². The molecule has 0 radical (unpaired) electrons. The van der Waals surface area contributed by atoms with Gasteiger partial charge in [0.1, 0.15) is 11.4 Å². The van der Waals surface area contributed by atoms with E-state index in [1.807, 2.05) is 35.8 Å². The van der Waals surface area contributed by atoms with Crippen LogP contribution in [0.3, 0.4) is 0 Å². The third-order valence-electron chi connectivity index (χ3n) is 6.27. The molecule has 1 aromatic carbocycles. The summed E-state index contributed by atoms with van der Waals surface area (Å²) in [5, 5.41) is 15.5. The molecule has 172 valence electrons. The summed E-state index contributed by atoms with van der Waals surface area (Å²) in [7, 11) is 0. The maximum Gasteiger partial charge on any atom is 0.312 e. The number of amides is 2. The Morgan fingerprint density at radius 2 is 1.72 bits per heavy atom. The van der Waals surface area contributed by atoms with E-state index >= 15 is 0 Å². The molecule has 3 rings (SSSR count). The number of likely N-dealkylation sites (tertiary alicyclic amines) is 1. The van der Waals surface area contributed by atoms with E-state index in [1.54, 1.807) is 30.7 Å². The first kappa shape index (κ1) is 23.4. The SMILES string of the molecule is CCN(CC)C(=O)C1CCN(C(=O)c2ccc(Cn3nc(C)c([N+](=O)[O-])c3C)cc2)CC1. The molecule has 2 aromatic rings. The van der Waals surface area contributed by atoms with Gasteiger partial charge >= 0.3 is 5.69 Å². The molecule has 0 aliphatic carbocycles. The smallest absolute Gasteiger partial charge is 0.312 e. The van der Waals surface area contributed by atoms with E-state index in [0.717, 1.165) is 5.56 Å². The Hall–Kier alpha value is -3.23. The van der Waals surface area contributed by atoms with E-state index < -0.39 is 4.92 Å². The minimum Gasteiger partial charge on any atom is -0.343 e. The topological polar surface area (TPSA) is 102 Å². The van der Waals surface area contributed by atoms with Crippen molar-refractivity contribution in [2.45, 2.75) is 47.1 Å². The molecule has 9 nitrogen and oxygen atoms in total. The molecule has 0 N–H and O–H groups in total. The Morgan fingerprint density at radius 1 is 1.12 bits per heavy atom. The van der Waals surface area contributed by atoms with E-state index in [1.165, 1.54) is 0 Å². The maximum absolute atomic E-state index is 12.9. The van der Waals surface area contributed by atoms with Crippen LogP contribution < -0.4 is 0 Å². The highest BCUT2D eigenvalue weighted by Crippen LogP contribution is 2.24. The quantitative estimate of drug-likeness (QED) is 0.485. The third-order valence-corrected chi connectivity index (χ3v) is 6.27. The molecule has 0 atom stereocenters. The molecule has 2 heterocycles. The number of aryl methyl sites for hydroxylation is 1. The lowest BCUT2D eigenvalue weighted by Gasteiger charge is -2.33. The Morgan fingerprint density at radius 3 is 2.22 bits per heavy atom. The first-order chi connectivity index (χ1) is 15.3. The van der Waals surface area contributed by atoms with Gasteiger partial charge in [0.15, 0.2) is 0 Å². The first-order valence-electron chi connectivity index (χ1n) is 11.1.